The van der Waals surface area contributed by atoms with Gasteiger partial charge >= 0.3 is 0 Å². The van der Waals surface area contributed by atoms with Crippen molar-refractivity contribution in [2.45, 2.75) is 192 Å². The zero-order chi connectivity index (χ0) is 40.6. The summed E-state index contributed by atoms with van der Waals surface area (Å²) in [6, 6.07) is 0. The maximum atomic E-state index is 12.3. The fourth-order valence-corrected chi connectivity index (χ4v) is 13.3. The van der Waals surface area contributed by atoms with Gasteiger partial charge in [-0.1, -0.05) is 46.3 Å². The number of aliphatic hydroxyl groups excluding tert-OH is 8. The van der Waals surface area contributed by atoms with E-state index in [0.29, 0.717) is 19.3 Å². The highest BCUT2D eigenvalue weighted by atomic mass is 16.7. The predicted molar refractivity (Wildman–Crippen MR) is 201 cm³/mol. The molecule has 318 valence electrons. The first-order valence-corrected chi connectivity index (χ1v) is 20.9. The van der Waals surface area contributed by atoms with Crippen molar-refractivity contribution in [1.82, 2.24) is 0 Å². The molecule has 0 aromatic heterocycles. The molecule has 13 heteroatoms. The van der Waals surface area contributed by atoms with Crippen molar-refractivity contribution in [3.05, 3.63) is 11.6 Å². The van der Waals surface area contributed by atoms with E-state index in [2.05, 4.69) is 54.5 Å². The molecule has 6 rings (SSSR count). The van der Waals surface area contributed by atoms with Crippen LogP contribution in [0.15, 0.2) is 11.6 Å². The van der Waals surface area contributed by atoms with Crippen LogP contribution in [0.25, 0.3) is 0 Å². The van der Waals surface area contributed by atoms with E-state index in [9.17, 15) is 46.0 Å². The lowest BCUT2D eigenvalue weighted by Gasteiger charge is -2.71. The second-order valence-electron chi connectivity index (χ2n) is 20.1. The quantitative estimate of drug-likeness (QED) is 0.115. The molecule has 6 aliphatic rings. The summed E-state index contributed by atoms with van der Waals surface area (Å²) in [7, 11) is 0. The molecule has 55 heavy (non-hydrogen) atoms. The normalized spacial score (nSPS) is 52.0. The Kier molecular flexibility index (Phi) is 12.5. The van der Waals surface area contributed by atoms with Crippen LogP contribution in [0.2, 0.25) is 0 Å². The van der Waals surface area contributed by atoms with Gasteiger partial charge in [-0.05, 0) is 124 Å². The Morgan fingerprint density at radius 3 is 1.80 bits per heavy atom. The molecule has 2 heterocycles. The van der Waals surface area contributed by atoms with Crippen molar-refractivity contribution in [2.75, 3.05) is 13.2 Å². The van der Waals surface area contributed by atoms with Gasteiger partial charge in [-0.2, -0.15) is 0 Å². The Morgan fingerprint density at radius 2 is 1.25 bits per heavy atom. The minimum atomic E-state index is -1.57. The molecule has 0 aromatic carbocycles. The fourth-order valence-electron chi connectivity index (χ4n) is 13.3. The van der Waals surface area contributed by atoms with E-state index >= 15 is 0 Å². The molecule has 0 amide bonds. The summed E-state index contributed by atoms with van der Waals surface area (Å²) in [5.74, 6) is 0.0816. The van der Waals surface area contributed by atoms with E-state index in [0.717, 1.165) is 38.5 Å². The molecular weight excluding hydrogens is 712 g/mol. The number of rotatable bonds is 10. The molecule has 6 fully saturated rings. The van der Waals surface area contributed by atoms with Crippen LogP contribution in [-0.4, -0.2) is 138 Å². The zero-order valence-electron chi connectivity index (χ0n) is 34.3. The van der Waals surface area contributed by atoms with Gasteiger partial charge in [0, 0.05) is 0 Å². The van der Waals surface area contributed by atoms with Gasteiger partial charge in [0.05, 0.1) is 31.0 Å². The Labute approximate surface area is 327 Å². The van der Waals surface area contributed by atoms with Gasteiger partial charge in [0.1, 0.15) is 48.8 Å². The molecule has 2 aliphatic heterocycles. The first-order chi connectivity index (χ1) is 25.6. The number of hydrogen-bond donors (Lipinski definition) is 9. The molecule has 0 aromatic rings. The average molecular weight is 785 g/mol. The second-order valence-corrected chi connectivity index (χ2v) is 20.1. The highest BCUT2D eigenvalue weighted by molar-refractivity contribution is 5.20. The van der Waals surface area contributed by atoms with E-state index in [1.807, 2.05) is 6.92 Å². The number of ether oxygens (including phenoxy) is 4. The maximum Gasteiger partial charge on any atom is 0.186 e. The number of allylic oxidation sites excluding steroid dienone is 2. The topological polar surface area (TPSA) is 219 Å². The monoisotopic (exact) mass is 784 g/mol. The smallest absolute Gasteiger partial charge is 0.186 e. The summed E-state index contributed by atoms with van der Waals surface area (Å²) in [5.41, 5.74) is -0.847. The van der Waals surface area contributed by atoms with Crippen molar-refractivity contribution in [1.29, 1.82) is 0 Å². The third-order valence-electron chi connectivity index (χ3n) is 16.6. The second kappa shape index (κ2) is 15.7. The van der Waals surface area contributed by atoms with Gasteiger partial charge in [-0.25, -0.2) is 0 Å². The fraction of sp³-hybridized carbons (Fsp3) is 0.952. The van der Waals surface area contributed by atoms with Crippen molar-refractivity contribution < 1.29 is 64.9 Å². The van der Waals surface area contributed by atoms with E-state index in [1.165, 1.54) is 5.57 Å². The predicted octanol–water partition coefficient (Wildman–Crippen LogP) is 2.15. The minimum Gasteiger partial charge on any atom is -0.394 e. The van der Waals surface area contributed by atoms with Crippen molar-refractivity contribution in [3.8, 4) is 0 Å². The van der Waals surface area contributed by atoms with Gasteiger partial charge in [-0.15, -0.1) is 0 Å². The standard InChI is InChI=1S/C42H72O13/c1-21(2)10-9-14-42(8,51)22-11-16-41(7)29(22)23(52-36-34(49)32(47)30(45)24(19-43)53-36)18-27-39(5)15-13-28(38(3,4)26(39)12-17-40(27,41)6)55-37-35(50)33(48)31(46)25(20-44)54-37/h10,22-37,43-51H,9,11-20H2,1-8H3/t22-,23+,24+,25+,26-,27+,28+,29-,30+,31+,32-,33-,34+,35+,36+,37-,39-,40+,41+,42-/m0/s1. The molecule has 0 radical (unpaired) electrons. The van der Waals surface area contributed by atoms with Gasteiger partial charge in [0.2, 0.25) is 0 Å². The molecule has 0 bridgehead atoms. The summed E-state index contributed by atoms with van der Waals surface area (Å²) < 4.78 is 25.2. The summed E-state index contributed by atoms with van der Waals surface area (Å²) in [4.78, 5) is 0. The van der Waals surface area contributed by atoms with E-state index in [-0.39, 0.29) is 46.0 Å². The van der Waals surface area contributed by atoms with Gasteiger partial charge in [-0.3, -0.25) is 0 Å². The third-order valence-corrected chi connectivity index (χ3v) is 16.6. The highest BCUT2D eigenvalue weighted by Crippen LogP contribution is 2.76. The van der Waals surface area contributed by atoms with Crippen LogP contribution < -0.4 is 0 Å². The third kappa shape index (κ3) is 7.20. The Hall–Kier alpha value is -0.780. The number of aliphatic hydroxyl groups is 9. The van der Waals surface area contributed by atoms with Gasteiger partial charge < -0.3 is 64.9 Å². The zero-order valence-corrected chi connectivity index (χ0v) is 34.3. The molecule has 13 nitrogen and oxygen atoms in total. The molecule has 0 unspecified atom stereocenters. The highest BCUT2D eigenvalue weighted by Gasteiger charge is 2.72. The van der Waals surface area contributed by atoms with Crippen molar-refractivity contribution >= 4 is 0 Å². The van der Waals surface area contributed by atoms with Crippen LogP contribution >= 0.6 is 0 Å². The minimum absolute atomic E-state index is 0.109. The van der Waals surface area contributed by atoms with Crippen LogP contribution in [-0.2, 0) is 18.9 Å². The molecule has 4 saturated carbocycles. The first-order valence-electron chi connectivity index (χ1n) is 20.9. The Bertz CT molecular complexity index is 1370. The Morgan fingerprint density at radius 1 is 0.709 bits per heavy atom. The lowest BCUT2D eigenvalue weighted by molar-refractivity contribution is -0.342. The van der Waals surface area contributed by atoms with E-state index in [1.54, 1.807) is 0 Å². The van der Waals surface area contributed by atoms with Crippen molar-refractivity contribution in [3.63, 3.8) is 0 Å². The van der Waals surface area contributed by atoms with Crippen LogP contribution in [0.1, 0.15) is 113 Å². The molecule has 9 N–H and O–H groups in total. The molecule has 20 atom stereocenters. The summed E-state index contributed by atoms with van der Waals surface area (Å²) in [6.07, 6.45) is -5.51. The molecule has 0 spiro atoms. The van der Waals surface area contributed by atoms with Crippen molar-refractivity contribution in [2.24, 2.45) is 45.3 Å². The van der Waals surface area contributed by atoms with Crippen LogP contribution in [0.3, 0.4) is 0 Å². The van der Waals surface area contributed by atoms with Crippen LogP contribution in [0, 0.1) is 45.3 Å². The lowest BCUT2D eigenvalue weighted by atomic mass is 9.35. The van der Waals surface area contributed by atoms with E-state index in [4.69, 9.17) is 18.9 Å². The summed E-state index contributed by atoms with van der Waals surface area (Å²) >= 11 is 0. The summed E-state index contributed by atoms with van der Waals surface area (Å²) in [5, 5.41) is 96.4. The maximum absolute atomic E-state index is 12.3. The first kappa shape index (κ1) is 43.8. The molecule has 4 aliphatic carbocycles. The Balaban J connectivity index is 1.33. The number of hydrogen-bond acceptors (Lipinski definition) is 13. The largest absolute Gasteiger partial charge is 0.394 e. The average Bonchev–Trinajstić information content (AvgIpc) is 3.50. The lowest BCUT2D eigenvalue weighted by Crippen LogP contribution is -2.68. The van der Waals surface area contributed by atoms with Gasteiger partial charge in [0.25, 0.3) is 0 Å². The summed E-state index contributed by atoms with van der Waals surface area (Å²) in [6.45, 7) is 16.5. The van der Waals surface area contributed by atoms with Gasteiger partial charge in [0.15, 0.2) is 12.6 Å². The molecular formula is C42H72O13. The van der Waals surface area contributed by atoms with Crippen LogP contribution in [0.4, 0.5) is 0 Å². The SMILES string of the molecule is CC(C)=CCC[C@](C)(O)[C@H]1CC[C@]2(C)[C@@H]1[C@H](O[C@@H]1O[C@H](CO)[C@@H](O)[C@H](O)[C@H]1O)C[C@@H]1[C@@]3(C)CC[C@@H](O[C@@H]4O[C@H](CO)[C@@H](O)[C@H](O)[C@H]4O)C(C)(C)[C@@H]3CC[C@]12C. The number of fused-ring (bicyclic) bond motifs is 5. The van der Waals surface area contributed by atoms with E-state index < -0.39 is 91.7 Å². The van der Waals surface area contributed by atoms with Crippen LogP contribution in [0.5, 0.6) is 0 Å². The molecule has 2 saturated heterocycles.